The molecule has 0 aliphatic rings. The molecule has 0 aliphatic carbocycles. The summed E-state index contributed by atoms with van der Waals surface area (Å²) in [7, 11) is 0. The summed E-state index contributed by atoms with van der Waals surface area (Å²) in [5, 5.41) is 8.73. The number of nitrogens with zero attached hydrogens (tertiary/aromatic N) is 2. The van der Waals surface area contributed by atoms with Crippen LogP contribution >= 0.6 is 11.3 Å². The molecule has 0 amide bonds. The summed E-state index contributed by atoms with van der Waals surface area (Å²) >= 11 is 1.56. The number of rotatable bonds is 5. The van der Waals surface area contributed by atoms with Gasteiger partial charge < -0.3 is 9.88 Å². The van der Waals surface area contributed by atoms with Gasteiger partial charge in [-0.15, -0.1) is 11.3 Å². The highest BCUT2D eigenvalue weighted by Gasteiger charge is 2.05. The Bertz CT molecular complexity index is 923. The summed E-state index contributed by atoms with van der Waals surface area (Å²) in [4.78, 5) is 4.56. The topological polar surface area (TPSA) is 29.9 Å². The van der Waals surface area contributed by atoms with Crippen molar-refractivity contribution in [3.8, 4) is 11.3 Å². The molecule has 0 atom stereocenters. The third-order valence-electron chi connectivity index (χ3n) is 3.90. The van der Waals surface area contributed by atoms with E-state index in [1.807, 2.05) is 5.38 Å². The zero-order valence-electron chi connectivity index (χ0n) is 12.9. The van der Waals surface area contributed by atoms with Gasteiger partial charge in [-0.3, -0.25) is 0 Å². The Labute approximate surface area is 143 Å². The third-order valence-corrected chi connectivity index (χ3v) is 4.70. The van der Waals surface area contributed by atoms with E-state index in [1.54, 1.807) is 23.5 Å². The Hall–Kier alpha value is -2.66. The Morgan fingerprint density at radius 2 is 1.71 bits per heavy atom. The summed E-state index contributed by atoms with van der Waals surface area (Å²) in [6.07, 6.45) is 4.31. The second kappa shape index (κ2) is 6.45. The highest BCUT2D eigenvalue weighted by atomic mass is 32.1. The van der Waals surface area contributed by atoms with Crippen molar-refractivity contribution in [1.82, 2.24) is 9.55 Å². The largest absolute Gasteiger partial charge is 0.360 e. The fourth-order valence-electron chi connectivity index (χ4n) is 2.67. The maximum Gasteiger partial charge on any atom is 0.183 e. The van der Waals surface area contributed by atoms with Crippen LogP contribution in [0.2, 0.25) is 0 Å². The van der Waals surface area contributed by atoms with Crippen LogP contribution in [0.3, 0.4) is 0 Å². The molecule has 2 aromatic carbocycles. The Kier molecular flexibility index (Phi) is 4.01. The van der Waals surface area contributed by atoms with Crippen LogP contribution in [0.15, 0.2) is 66.3 Å². The SMILES string of the molecule is Fc1ccc(-c2csc(NCCn3cc4ccccc4c3)n2)cc1. The maximum absolute atomic E-state index is 13.0. The summed E-state index contributed by atoms with van der Waals surface area (Å²) in [5.41, 5.74) is 1.80. The summed E-state index contributed by atoms with van der Waals surface area (Å²) in [6.45, 7) is 1.68. The lowest BCUT2D eigenvalue weighted by Gasteiger charge is -2.03. The van der Waals surface area contributed by atoms with E-state index >= 15 is 0 Å². The predicted molar refractivity (Wildman–Crippen MR) is 97.9 cm³/mol. The van der Waals surface area contributed by atoms with E-state index in [4.69, 9.17) is 0 Å². The first-order valence-corrected chi connectivity index (χ1v) is 8.66. The number of halogens is 1. The number of anilines is 1. The maximum atomic E-state index is 13.0. The molecule has 0 unspecified atom stereocenters. The van der Waals surface area contributed by atoms with E-state index in [0.717, 1.165) is 29.5 Å². The van der Waals surface area contributed by atoms with Crippen molar-refractivity contribution in [3.63, 3.8) is 0 Å². The van der Waals surface area contributed by atoms with Gasteiger partial charge in [0.1, 0.15) is 5.82 Å². The number of hydrogen-bond acceptors (Lipinski definition) is 3. The van der Waals surface area contributed by atoms with Crippen LogP contribution in [0.4, 0.5) is 9.52 Å². The summed E-state index contributed by atoms with van der Waals surface area (Å²) < 4.78 is 15.2. The van der Waals surface area contributed by atoms with Crippen LogP contribution in [0.1, 0.15) is 0 Å². The molecule has 0 saturated heterocycles. The van der Waals surface area contributed by atoms with Crippen LogP contribution < -0.4 is 5.32 Å². The molecule has 24 heavy (non-hydrogen) atoms. The van der Waals surface area contributed by atoms with Crippen LogP contribution in [0, 0.1) is 5.82 Å². The average molecular weight is 337 g/mol. The van der Waals surface area contributed by atoms with Crippen molar-refractivity contribution >= 4 is 27.2 Å². The van der Waals surface area contributed by atoms with E-state index in [0.29, 0.717) is 0 Å². The molecule has 0 saturated carbocycles. The Morgan fingerprint density at radius 1 is 1.00 bits per heavy atom. The number of nitrogens with one attached hydrogen (secondary N) is 1. The van der Waals surface area contributed by atoms with Gasteiger partial charge in [-0.1, -0.05) is 24.3 Å². The van der Waals surface area contributed by atoms with Gasteiger partial charge in [-0.2, -0.15) is 0 Å². The van der Waals surface area contributed by atoms with E-state index in [-0.39, 0.29) is 5.82 Å². The molecule has 0 aliphatic heterocycles. The van der Waals surface area contributed by atoms with Crippen LogP contribution in [0.25, 0.3) is 22.0 Å². The van der Waals surface area contributed by atoms with Gasteiger partial charge in [0.15, 0.2) is 5.13 Å². The van der Waals surface area contributed by atoms with Gasteiger partial charge in [-0.25, -0.2) is 9.37 Å². The number of fused-ring (bicyclic) bond motifs is 1. The van der Waals surface area contributed by atoms with Gasteiger partial charge in [0.2, 0.25) is 0 Å². The first-order chi connectivity index (χ1) is 11.8. The second-order valence-electron chi connectivity index (χ2n) is 5.60. The van der Waals surface area contributed by atoms with Gasteiger partial charge in [0, 0.05) is 36.4 Å². The minimum Gasteiger partial charge on any atom is -0.360 e. The van der Waals surface area contributed by atoms with Gasteiger partial charge >= 0.3 is 0 Å². The molecule has 3 nitrogen and oxygen atoms in total. The molecule has 5 heteroatoms. The molecule has 2 heterocycles. The third kappa shape index (κ3) is 3.16. The van der Waals surface area contributed by atoms with Crippen molar-refractivity contribution in [2.75, 3.05) is 11.9 Å². The van der Waals surface area contributed by atoms with Crippen molar-refractivity contribution in [3.05, 3.63) is 72.1 Å². The fourth-order valence-corrected chi connectivity index (χ4v) is 3.42. The van der Waals surface area contributed by atoms with Crippen LogP contribution in [-0.2, 0) is 6.54 Å². The fraction of sp³-hybridized carbons (Fsp3) is 0.105. The quantitative estimate of drug-likeness (QED) is 0.554. The first kappa shape index (κ1) is 14.9. The van der Waals surface area contributed by atoms with Crippen molar-refractivity contribution < 1.29 is 4.39 Å². The molecule has 4 aromatic rings. The number of hydrogen-bond donors (Lipinski definition) is 1. The normalized spacial score (nSPS) is 11.0. The van der Waals surface area contributed by atoms with E-state index in [1.165, 1.54) is 22.9 Å². The molecular weight excluding hydrogens is 321 g/mol. The molecule has 1 N–H and O–H groups in total. The monoisotopic (exact) mass is 337 g/mol. The zero-order chi connectivity index (χ0) is 16.4. The Balaban J connectivity index is 1.38. The highest BCUT2D eigenvalue weighted by Crippen LogP contribution is 2.25. The van der Waals surface area contributed by atoms with Gasteiger partial charge in [0.25, 0.3) is 0 Å². The van der Waals surface area contributed by atoms with Crippen molar-refractivity contribution in [1.29, 1.82) is 0 Å². The Morgan fingerprint density at radius 3 is 2.42 bits per heavy atom. The molecule has 2 aromatic heterocycles. The number of benzene rings is 2. The van der Waals surface area contributed by atoms with E-state index < -0.39 is 0 Å². The first-order valence-electron chi connectivity index (χ1n) is 7.78. The molecule has 0 spiro atoms. The smallest absolute Gasteiger partial charge is 0.183 e. The van der Waals surface area contributed by atoms with Crippen LogP contribution in [-0.4, -0.2) is 16.1 Å². The van der Waals surface area contributed by atoms with Gasteiger partial charge in [0.05, 0.1) is 5.69 Å². The summed E-state index contributed by atoms with van der Waals surface area (Å²) in [6, 6.07) is 14.8. The molecule has 0 bridgehead atoms. The van der Waals surface area contributed by atoms with Gasteiger partial charge in [-0.05, 0) is 35.0 Å². The lowest BCUT2D eigenvalue weighted by molar-refractivity contribution is 0.628. The molecule has 0 fully saturated rings. The van der Waals surface area contributed by atoms with Crippen molar-refractivity contribution in [2.24, 2.45) is 0 Å². The highest BCUT2D eigenvalue weighted by molar-refractivity contribution is 7.14. The lowest BCUT2D eigenvalue weighted by atomic mass is 10.2. The minimum absolute atomic E-state index is 0.230. The van der Waals surface area contributed by atoms with Crippen molar-refractivity contribution in [2.45, 2.75) is 6.54 Å². The lowest BCUT2D eigenvalue weighted by Crippen LogP contribution is -2.08. The molecule has 4 rings (SSSR count). The van der Waals surface area contributed by atoms with E-state index in [2.05, 4.69) is 51.5 Å². The number of aromatic nitrogens is 2. The second-order valence-corrected chi connectivity index (χ2v) is 6.45. The molecular formula is C19H16FN3S. The van der Waals surface area contributed by atoms with E-state index in [9.17, 15) is 4.39 Å². The average Bonchev–Trinajstić information content (AvgIpc) is 3.22. The number of thiazole rings is 1. The summed E-state index contributed by atoms with van der Waals surface area (Å²) in [5.74, 6) is -0.230. The predicted octanol–water partition coefficient (Wildman–Crippen LogP) is 5.02. The van der Waals surface area contributed by atoms with Crippen LogP contribution in [0.5, 0.6) is 0 Å². The molecule has 120 valence electrons. The molecule has 0 radical (unpaired) electrons. The minimum atomic E-state index is -0.230. The standard InChI is InChI=1S/C19H16FN3S/c20-17-7-5-14(6-8-17)18-13-24-19(22-18)21-9-10-23-11-15-3-1-2-4-16(15)12-23/h1-8,11-13H,9-10H2,(H,21,22). The zero-order valence-corrected chi connectivity index (χ0v) is 13.8.